The van der Waals surface area contributed by atoms with E-state index in [0.717, 1.165) is 31.9 Å². The molecule has 4 N–H and O–H groups in total. The van der Waals surface area contributed by atoms with Crippen LogP contribution in [0.2, 0.25) is 0 Å². The predicted molar refractivity (Wildman–Crippen MR) is 79.2 cm³/mol. The van der Waals surface area contributed by atoms with E-state index in [0.29, 0.717) is 11.4 Å². The van der Waals surface area contributed by atoms with Gasteiger partial charge in [-0.15, -0.1) is 0 Å². The molecule has 2 rings (SSSR count). The standard InChI is InChI=1S/C14H23N3O3/c1-20-14-8-11(2-3-13(14)15)16-4-6-17(7-5-16)12(9-18)10-19/h2-3,8,12,18-19H,4-7,9-10,15H2,1H3. The van der Waals surface area contributed by atoms with E-state index in [9.17, 15) is 10.2 Å². The van der Waals surface area contributed by atoms with E-state index in [1.807, 2.05) is 18.2 Å². The van der Waals surface area contributed by atoms with Gasteiger partial charge in [-0.05, 0) is 12.1 Å². The third-order valence-electron chi connectivity index (χ3n) is 3.83. The van der Waals surface area contributed by atoms with Crippen LogP contribution in [0.25, 0.3) is 0 Å². The largest absolute Gasteiger partial charge is 0.495 e. The van der Waals surface area contributed by atoms with E-state index < -0.39 is 0 Å². The second-order valence-corrected chi connectivity index (χ2v) is 4.97. The van der Waals surface area contributed by atoms with Gasteiger partial charge in [-0.25, -0.2) is 0 Å². The number of hydrogen-bond acceptors (Lipinski definition) is 6. The van der Waals surface area contributed by atoms with Gasteiger partial charge in [0.1, 0.15) is 5.75 Å². The molecule has 0 aliphatic carbocycles. The van der Waals surface area contributed by atoms with Gasteiger partial charge in [-0.3, -0.25) is 4.90 Å². The fourth-order valence-electron chi connectivity index (χ4n) is 2.53. The lowest BCUT2D eigenvalue weighted by Gasteiger charge is -2.39. The SMILES string of the molecule is COc1cc(N2CCN(C(CO)CO)CC2)ccc1N. The van der Waals surface area contributed by atoms with Crippen LogP contribution in [0, 0.1) is 0 Å². The van der Waals surface area contributed by atoms with Gasteiger partial charge in [0.25, 0.3) is 0 Å². The first-order valence-corrected chi connectivity index (χ1v) is 6.83. The third-order valence-corrected chi connectivity index (χ3v) is 3.83. The Balaban J connectivity index is 2.00. The number of aliphatic hydroxyl groups is 2. The normalized spacial score (nSPS) is 16.7. The molecule has 0 saturated carbocycles. The van der Waals surface area contributed by atoms with Crippen molar-refractivity contribution in [2.24, 2.45) is 0 Å². The summed E-state index contributed by atoms with van der Waals surface area (Å²) >= 11 is 0. The van der Waals surface area contributed by atoms with Crippen LogP contribution in [0.15, 0.2) is 18.2 Å². The highest BCUT2D eigenvalue weighted by molar-refractivity contribution is 5.62. The maximum atomic E-state index is 9.21. The van der Waals surface area contributed by atoms with Gasteiger partial charge in [-0.1, -0.05) is 0 Å². The maximum Gasteiger partial charge on any atom is 0.143 e. The Bertz CT molecular complexity index is 430. The summed E-state index contributed by atoms with van der Waals surface area (Å²) in [6.45, 7) is 3.32. The summed E-state index contributed by atoms with van der Waals surface area (Å²) in [6, 6.07) is 5.63. The Labute approximate surface area is 119 Å². The van der Waals surface area contributed by atoms with Crippen LogP contribution in [-0.4, -0.2) is 67.7 Å². The number of nitrogen functional groups attached to an aromatic ring is 1. The summed E-state index contributed by atoms with van der Waals surface area (Å²) in [6.07, 6.45) is 0. The number of anilines is 2. The number of piperazine rings is 1. The van der Waals surface area contributed by atoms with E-state index in [4.69, 9.17) is 10.5 Å². The molecule has 1 aromatic rings. The van der Waals surface area contributed by atoms with Gasteiger partial charge in [-0.2, -0.15) is 0 Å². The number of benzene rings is 1. The van der Waals surface area contributed by atoms with Crippen LogP contribution < -0.4 is 15.4 Å². The topological polar surface area (TPSA) is 82.2 Å². The van der Waals surface area contributed by atoms with E-state index in [1.54, 1.807) is 7.11 Å². The first-order chi connectivity index (χ1) is 9.69. The quantitative estimate of drug-likeness (QED) is 0.646. The Morgan fingerprint density at radius 2 is 1.85 bits per heavy atom. The van der Waals surface area contributed by atoms with Crippen LogP contribution in [0.5, 0.6) is 5.75 Å². The van der Waals surface area contributed by atoms with Crippen molar-refractivity contribution in [2.75, 3.05) is 57.1 Å². The van der Waals surface area contributed by atoms with Crippen LogP contribution in [-0.2, 0) is 0 Å². The molecule has 0 aromatic heterocycles. The molecule has 0 radical (unpaired) electrons. The molecule has 1 aliphatic rings. The summed E-state index contributed by atoms with van der Waals surface area (Å²) in [4.78, 5) is 4.37. The minimum Gasteiger partial charge on any atom is -0.495 e. The number of ether oxygens (including phenoxy) is 1. The number of aliphatic hydroxyl groups excluding tert-OH is 2. The first-order valence-electron chi connectivity index (χ1n) is 6.83. The number of nitrogens with two attached hydrogens (primary N) is 1. The van der Waals surface area contributed by atoms with Crippen LogP contribution in [0.1, 0.15) is 0 Å². The molecule has 0 spiro atoms. The highest BCUT2D eigenvalue weighted by Gasteiger charge is 2.23. The van der Waals surface area contributed by atoms with Gasteiger partial charge in [0.15, 0.2) is 0 Å². The van der Waals surface area contributed by atoms with Gasteiger partial charge < -0.3 is 25.6 Å². The van der Waals surface area contributed by atoms with Gasteiger partial charge >= 0.3 is 0 Å². The van der Waals surface area contributed by atoms with Crippen molar-refractivity contribution in [1.29, 1.82) is 0 Å². The molecule has 20 heavy (non-hydrogen) atoms. The molecule has 0 atom stereocenters. The van der Waals surface area contributed by atoms with E-state index >= 15 is 0 Å². The van der Waals surface area contributed by atoms with E-state index in [-0.39, 0.29) is 19.3 Å². The molecule has 1 aromatic carbocycles. The van der Waals surface area contributed by atoms with Crippen molar-refractivity contribution in [3.63, 3.8) is 0 Å². The molecule has 0 amide bonds. The zero-order valence-electron chi connectivity index (χ0n) is 11.8. The lowest BCUT2D eigenvalue weighted by Crippen LogP contribution is -2.52. The second-order valence-electron chi connectivity index (χ2n) is 4.97. The molecular weight excluding hydrogens is 258 g/mol. The molecule has 112 valence electrons. The minimum absolute atomic E-state index is 0.00774. The molecule has 1 heterocycles. The lowest BCUT2D eigenvalue weighted by molar-refractivity contribution is 0.0700. The first kappa shape index (κ1) is 14.9. The number of rotatable bonds is 5. The Kier molecular flexibility index (Phi) is 5.05. The van der Waals surface area contributed by atoms with Crippen molar-refractivity contribution in [3.05, 3.63) is 18.2 Å². The van der Waals surface area contributed by atoms with Gasteiger partial charge in [0, 0.05) is 37.9 Å². The second kappa shape index (κ2) is 6.78. The van der Waals surface area contributed by atoms with Crippen molar-refractivity contribution < 1.29 is 14.9 Å². The molecule has 0 bridgehead atoms. The fourth-order valence-corrected chi connectivity index (χ4v) is 2.53. The van der Waals surface area contributed by atoms with Crippen LogP contribution >= 0.6 is 0 Å². The van der Waals surface area contributed by atoms with Crippen molar-refractivity contribution in [1.82, 2.24) is 4.90 Å². The molecule has 1 fully saturated rings. The van der Waals surface area contributed by atoms with Crippen LogP contribution in [0.4, 0.5) is 11.4 Å². The molecule has 0 unspecified atom stereocenters. The number of nitrogens with zero attached hydrogens (tertiary/aromatic N) is 2. The zero-order valence-corrected chi connectivity index (χ0v) is 11.8. The van der Waals surface area contributed by atoms with Crippen molar-refractivity contribution in [3.8, 4) is 5.75 Å². The monoisotopic (exact) mass is 281 g/mol. The molecular formula is C14H23N3O3. The lowest BCUT2D eigenvalue weighted by atomic mass is 10.2. The van der Waals surface area contributed by atoms with Gasteiger partial charge in [0.2, 0.25) is 0 Å². The Morgan fingerprint density at radius 1 is 1.20 bits per heavy atom. The zero-order chi connectivity index (χ0) is 14.5. The molecule has 6 heteroatoms. The highest BCUT2D eigenvalue weighted by Crippen LogP contribution is 2.28. The van der Waals surface area contributed by atoms with Crippen LogP contribution in [0.3, 0.4) is 0 Å². The van der Waals surface area contributed by atoms with Crippen molar-refractivity contribution in [2.45, 2.75) is 6.04 Å². The Morgan fingerprint density at radius 3 is 2.40 bits per heavy atom. The maximum absolute atomic E-state index is 9.21. The average Bonchev–Trinajstić information content (AvgIpc) is 2.50. The molecule has 6 nitrogen and oxygen atoms in total. The molecule has 1 saturated heterocycles. The summed E-state index contributed by atoms with van der Waals surface area (Å²) in [5.41, 5.74) is 7.54. The minimum atomic E-state index is -0.155. The third kappa shape index (κ3) is 3.15. The molecule has 1 aliphatic heterocycles. The average molecular weight is 281 g/mol. The summed E-state index contributed by atoms with van der Waals surface area (Å²) < 4.78 is 5.24. The van der Waals surface area contributed by atoms with Gasteiger partial charge in [0.05, 0.1) is 32.1 Å². The summed E-state index contributed by atoms with van der Waals surface area (Å²) in [5.74, 6) is 0.688. The smallest absolute Gasteiger partial charge is 0.143 e. The van der Waals surface area contributed by atoms with E-state index in [2.05, 4.69) is 9.80 Å². The summed E-state index contributed by atoms with van der Waals surface area (Å²) in [7, 11) is 1.61. The van der Waals surface area contributed by atoms with Crippen molar-refractivity contribution >= 4 is 11.4 Å². The highest BCUT2D eigenvalue weighted by atomic mass is 16.5. The Hall–Kier alpha value is -1.50. The summed E-state index contributed by atoms with van der Waals surface area (Å²) in [5, 5.41) is 18.4. The fraction of sp³-hybridized carbons (Fsp3) is 0.571. The predicted octanol–water partition coefficient (Wildman–Crippen LogP) is -0.247. The number of hydrogen-bond donors (Lipinski definition) is 3. The number of methoxy groups -OCH3 is 1. The van der Waals surface area contributed by atoms with E-state index in [1.165, 1.54) is 0 Å².